The molecule has 0 atom stereocenters. The minimum atomic E-state index is -4.36. The third kappa shape index (κ3) is 5.21. The summed E-state index contributed by atoms with van der Waals surface area (Å²) in [5.74, 6) is -1.16. The quantitative estimate of drug-likeness (QED) is 0.462. The van der Waals surface area contributed by atoms with Crippen molar-refractivity contribution in [3.8, 4) is 10.6 Å². The first kappa shape index (κ1) is 23.3. The van der Waals surface area contributed by atoms with Crippen molar-refractivity contribution in [1.82, 2.24) is 14.9 Å². The standard InChI is InChI=1S/C20H18F3N5O3S2/c21-20(22,23)12-3-1-10(2-4-12)5-28-6-11(7-28)17(31)27-19-26-14(9-32-19)15-13(8-29)25-18(33-15)16(24)30/h1-4,9,11,29H,5-8H2,(H2,24,30)(H,26,27,31). The molecule has 13 heteroatoms. The van der Waals surface area contributed by atoms with Crippen molar-refractivity contribution in [3.05, 3.63) is 51.5 Å². The number of primary amides is 1. The molecule has 8 nitrogen and oxygen atoms in total. The lowest BCUT2D eigenvalue weighted by Gasteiger charge is -2.38. The van der Waals surface area contributed by atoms with Crippen molar-refractivity contribution in [2.45, 2.75) is 19.3 Å². The number of nitrogens with zero attached hydrogens (tertiary/aromatic N) is 3. The summed E-state index contributed by atoms with van der Waals surface area (Å²) in [5, 5.41) is 14.3. The number of hydrogen-bond donors (Lipinski definition) is 3. The van der Waals surface area contributed by atoms with Crippen molar-refractivity contribution in [2.75, 3.05) is 18.4 Å². The van der Waals surface area contributed by atoms with E-state index in [1.807, 2.05) is 4.90 Å². The first-order chi connectivity index (χ1) is 15.6. The van der Waals surface area contributed by atoms with Gasteiger partial charge in [0.2, 0.25) is 5.91 Å². The zero-order chi connectivity index (χ0) is 23.8. The Bertz CT molecular complexity index is 1170. The molecule has 3 heterocycles. The number of nitrogens with one attached hydrogen (secondary N) is 1. The average molecular weight is 498 g/mol. The van der Waals surface area contributed by atoms with E-state index in [1.165, 1.54) is 23.5 Å². The number of carbonyl (C=O) groups excluding carboxylic acids is 2. The second-order valence-corrected chi connectivity index (χ2v) is 9.29. The number of anilines is 1. The maximum absolute atomic E-state index is 12.7. The minimum Gasteiger partial charge on any atom is -0.390 e. The molecule has 2 amide bonds. The molecule has 0 aliphatic carbocycles. The van der Waals surface area contributed by atoms with E-state index in [1.54, 1.807) is 5.38 Å². The summed E-state index contributed by atoms with van der Waals surface area (Å²) in [4.78, 5) is 34.7. The molecule has 2 aromatic heterocycles. The van der Waals surface area contributed by atoms with E-state index in [4.69, 9.17) is 5.73 Å². The lowest BCUT2D eigenvalue weighted by Crippen LogP contribution is -2.51. The topological polar surface area (TPSA) is 121 Å². The average Bonchev–Trinajstić information content (AvgIpc) is 3.36. The van der Waals surface area contributed by atoms with Gasteiger partial charge >= 0.3 is 6.18 Å². The first-order valence-electron chi connectivity index (χ1n) is 9.69. The molecule has 0 bridgehead atoms. The van der Waals surface area contributed by atoms with Crippen molar-refractivity contribution < 1.29 is 27.9 Å². The Balaban J connectivity index is 1.31. The fraction of sp³-hybridized carbons (Fsp3) is 0.300. The van der Waals surface area contributed by atoms with Crippen LogP contribution in [-0.2, 0) is 24.1 Å². The lowest BCUT2D eigenvalue weighted by molar-refractivity contribution is -0.137. The molecule has 0 unspecified atom stereocenters. The van der Waals surface area contributed by atoms with E-state index in [9.17, 15) is 27.9 Å². The summed E-state index contributed by atoms with van der Waals surface area (Å²) in [6.45, 7) is 1.04. The number of likely N-dealkylation sites (tertiary alicyclic amines) is 1. The molecule has 1 aliphatic heterocycles. The highest BCUT2D eigenvalue weighted by Crippen LogP contribution is 2.33. The van der Waals surface area contributed by atoms with Crippen molar-refractivity contribution >= 4 is 39.6 Å². The molecule has 4 N–H and O–H groups in total. The van der Waals surface area contributed by atoms with E-state index in [-0.39, 0.29) is 29.1 Å². The molecule has 0 radical (unpaired) electrons. The Kier molecular flexibility index (Phi) is 6.47. The van der Waals surface area contributed by atoms with Crippen molar-refractivity contribution in [2.24, 2.45) is 11.7 Å². The number of halogens is 3. The summed E-state index contributed by atoms with van der Waals surface area (Å²) in [6, 6.07) is 4.99. The fourth-order valence-corrected chi connectivity index (χ4v) is 5.00. The van der Waals surface area contributed by atoms with E-state index in [0.717, 1.165) is 29.0 Å². The van der Waals surface area contributed by atoms with Gasteiger partial charge in [-0.2, -0.15) is 13.2 Å². The second-order valence-electron chi connectivity index (χ2n) is 7.43. The number of hydrogen-bond acceptors (Lipinski definition) is 8. The molecule has 33 heavy (non-hydrogen) atoms. The van der Waals surface area contributed by atoms with Crippen LogP contribution in [0.15, 0.2) is 29.6 Å². The number of rotatable bonds is 7. The van der Waals surface area contributed by atoms with Crippen molar-refractivity contribution in [1.29, 1.82) is 0 Å². The highest BCUT2D eigenvalue weighted by molar-refractivity contribution is 7.18. The van der Waals surface area contributed by atoms with Gasteiger partial charge in [0.25, 0.3) is 5.91 Å². The van der Waals surface area contributed by atoms with Gasteiger partial charge in [0, 0.05) is 25.0 Å². The summed E-state index contributed by atoms with van der Waals surface area (Å²) in [5.41, 5.74) is 6.05. The largest absolute Gasteiger partial charge is 0.416 e. The van der Waals surface area contributed by atoms with E-state index < -0.39 is 17.6 Å². The van der Waals surface area contributed by atoms with Gasteiger partial charge in [-0.25, -0.2) is 9.97 Å². The highest BCUT2D eigenvalue weighted by atomic mass is 32.1. The Hall–Kier alpha value is -2.87. The molecule has 1 aromatic carbocycles. The summed E-state index contributed by atoms with van der Waals surface area (Å²) in [7, 11) is 0. The number of alkyl halides is 3. The number of amides is 2. The molecule has 0 spiro atoms. The third-order valence-corrected chi connectivity index (χ3v) is 6.93. The highest BCUT2D eigenvalue weighted by Gasteiger charge is 2.34. The first-order valence-corrected chi connectivity index (χ1v) is 11.4. The zero-order valence-electron chi connectivity index (χ0n) is 16.9. The van der Waals surface area contributed by atoms with Crippen LogP contribution in [0.2, 0.25) is 0 Å². The summed E-state index contributed by atoms with van der Waals surface area (Å²) < 4.78 is 38.0. The number of benzene rings is 1. The molecule has 1 fully saturated rings. The van der Waals surface area contributed by atoms with Crippen LogP contribution in [0.3, 0.4) is 0 Å². The Morgan fingerprint density at radius 1 is 1.21 bits per heavy atom. The van der Waals surface area contributed by atoms with E-state index in [0.29, 0.717) is 35.3 Å². The number of carbonyl (C=O) groups is 2. The monoisotopic (exact) mass is 497 g/mol. The molecule has 3 aromatic rings. The lowest BCUT2D eigenvalue weighted by atomic mass is 9.98. The molecule has 4 rings (SSSR count). The number of nitrogens with two attached hydrogens (primary N) is 1. The molecular weight excluding hydrogens is 479 g/mol. The van der Waals surface area contributed by atoms with Crippen LogP contribution < -0.4 is 11.1 Å². The Morgan fingerprint density at radius 2 is 1.91 bits per heavy atom. The van der Waals surface area contributed by atoms with Gasteiger partial charge in [-0.1, -0.05) is 12.1 Å². The second kappa shape index (κ2) is 9.17. The van der Waals surface area contributed by atoms with Crippen LogP contribution in [0.25, 0.3) is 10.6 Å². The van der Waals surface area contributed by atoms with Gasteiger partial charge in [-0.15, -0.1) is 22.7 Å². The van der Waals surface area contributed by atoms with Gasteiger partial charge < -0.3 is 16.2 Å². The molecule has 174 valence electrons. The number of thiazole rings is 2. The fourth-order valence-electron chi connectivity index (χ4n) is 3.33. The molecule has 1 saturated heterocycles. The number of aromatic nitrogens is 2. The van der Waals surface area contributed by atoms with Gasteiger partial charge in [0.15, 0.2) is 10.1 Å². The van der Waals surface area contributed by atoms with Crippen LogP contribution in [-0.4, -0.2) is 44.9 Å². The maximum Gasteiger partial charge on any atom is 0.416 e. The SMILES string of the molecule is NC(=O)c1nc(CO)c(-c2csc(NC(=O)C3CN(Cc4ccc(C(F)(F)F)cc4)C3)n2)s1. The van der Waals surface area contributed by atoms with Gasteiger partial charge in [-0.05, 0) is 17.7 Å². The number of aliphatic hydroxyl groups excluding tert-OH is 1. The number of aliphatic hydroxyl groups is 1. The normalized spacial score (nSPS) is 14.8. The minimum absolute atomic E-state index is 0.0650. The van der Waals surface area contributed by atoms with Crippen LogP contribution in [0.1, 0.15) is 26.6 Å². The van der Waals surface area contributed by atoms with E-state index in [2.05, 4.69) is 15.3 Å². The molecule has 1 aliphatic rings. The van der Waals surface area contributed by atoms with Gasteiger partial charge in [-0.3, -0.25) is 14.5 Å². The van der Waals surface area contributed by atoms with Gasteiger partial charge in [0.1, 0.15) is 0 Å². The predicted octanol–water partition coefficient (Wildman–Crippen LogP) is 2.95. The third-order valence-electron chi connectivity index (χ3n) is 5.04. The summed E-state index contributed by atoms with van der Waals surface area (Å²) >= 11 is 2.22. The van der Waals surface area contributed by atoms with E-state index >= 15 is 0 Å². The zero-order valence-corrected chi connectivity index (χ0v) is 18.6. The Labute approximate surface area is 193 Å². The van der Waals surface area contributed by atoms with Crippen LogP contribution >= 0.6 is 22.7 Å². The van der Waals surface area contributed by atoms with Crippen LogP contribution in [0, 0.1) is 5.92 Å². The van der Waals surface area contributed by atoms with Crippen molar-refractivity contribution in [3.63, 3.8) is 0 Å². The van der Waals surface area contributed by atoms with Crippen LogP contribution in [0.4, 0.5) is 18.3 Å². The maximum atomic E-state index is 12.7. The Morgan fingerprint density at radius 3 is 2.52 bits per heavy atom. The van der Waals surface area contributed by atoms with Gasteiger partial charge in [0.05, 0.1) is 34.4 Å². The molecular formula is C20H18F3N5O3S2. The predicted molar refractivity (Wildman–Crippen MR) is 117 cm³/mol. The van der Waals surface area contributed by atoms with Crippen LogP contribution in [0.5, 0.6) is 0 Å². The summed E-state index contributed by atoms with van der Waals surface area (Å²) in [6.07, 6.45) is -4.36. The smallest absolute Gasteiger partial charge is 0.390 e. The molecule has 0 saturated carbocycles.